The Hall–Kier alpha value is -2.16. The number of carbonyl (C=O) groups is 1. The molecule has 0 fully saturated rings. The van der Waals surface area contributed by atoms with E-state index < -0.39 is 0 Å². The van der Waals surface area contributed by atoms with Crippen molar-refractivity contribution in [2.45, 2.75) is 19.8 Å². The minimum Gasteiger partial charge on any atom is -0.382 e. The minimum atomic E-state index is -0.360. The van der Waals surface area contributed by atoms with E-state index in [4.69, 9.17) is 0 Å². The van der Waals surface area contributed by atoms with Gasteiger partial charge in [-0.15, -0.1) is 0 Å². The van der Waals surface area contributed by atoms with Crippen LogP contribution in [0.2, 0.25) is 0 Å². The Morgan fingerprint density at radius 3 is 2.55 bits per heavy atom. The normalized spacial score (nSPS) is 12.2. The Bertz CT molecular complexity index is 679. The van der Waals surface area contributed by atoms with Gasteiger partial charge in [0.05, 0.1) is 11.3 Å². The van der Waals surface area contributed by atoms with Crippen LogP contribution >= 0.6 is 0 Å². The van der Waals surface area contributed by atoms with Crippen molar-refractivity contribution in [3.63, 3.8) is 0 Å². The van der Waals surface area contributed by atoms with Crippen LogP contribution < -0.4 is 5.32 Å². The van der Waals surface area contributed by atoms with Gasteiger partial charge in [0.25, 0.3) is 0 Å². The van der Waals surface area contributed by atoms with E-state index in [1.54, 1.807) is 12.1 Å². The lowest BCUT2D eigenvalue weighted by Crippen LogP contribution is -2.08. The zero-order valence-corrected chi connectivity index (χ0v) is 11.4. The molecule has 0 unspecified atom stereocenters. The second kappa shape index (κ2) is 5.08. The van der Waals surface area contributed by atoms with Gasteiger partial charge in [0.2, 0.25) is 0 Å². The summed E-state index contributed by atoms with van der Waals surface area (Å²) in [5.74, 6) is -0.449. The maximum atomic E-state index is 14.1. The molecule has 0 aliphatic heterocycles. The van der Waals surface area contributed by atoms with Crippen molar-refractivity contribution in [3.8, 4) is 11.1 Å². The summed E-state index contributed by atoms with van der Waals surface area (Å²) in [4.78, 5) is 12.5. The van der Waals surface area contributed by atoms with Gasteiger partial charge >= 0.3 is 0 Å². The number of unbranched alkanes of at least 4 members (excludes halogenated alkanes) is 1. The molecule has 2 nitrogen and oxygen atoms in total. The standard InChI is InChI=1S/C17H16FNO/c1-2-3-10-19-16-14(18)9-8-12-11-6-4-5-7-13(11)17(20)15(12)16/h4-9,19H,2-3,10H2,1H3. The first-order valence-corrected chi connectivity index (χ1v) is 6.94. The van der Waals surface area contributed by atoms with E-state index in [1.165, 1.54) is 6.07 Å². The van der Waals surface area contributed by atoms with E-state index >= 15 is 0 Å². The van der Waals surface area contributed by atoms with Crippen LogP contribution in [-0.4, -0.2) is 12.3 Å². The molecule has 0 atom stereocenters. The van der Waals surface area contributed by atoms with Gasteiger partial charge in [0.15, 0.2) is 5.78 Å². The molecule has 3 heteroatoms. The number of carbonyl (C=O) groups excluding carboxylic acids is 1. The number of rotatable bonds is 4. The van der Waals surface area contributed by atoms with E-state index in [-0.39, 0.29) is 11.6 Å². The average molecular weight is 269 g/mol. The monoisotopic (exact) mass is 269 g/mol. The van der Waals surface area contributed by atoms with Gasteiger partial charge in [-0.1, -0.05) is 43.7 Å². The minimum absolute atomic E-state index is 0.0888. The van der Waals surface area contributed by atoms with Crippen molar-refractivity contribution < 1.29 is 9.18 Å². The van der Waals surface area contributed by atoms with Crippen molar-refractivity contribution in [1.29, 1.82) is 0 Å². The maximum absolute atomic E-state index is 14.1. The molecule has 0 spiro atoms. The Balaban J connectivity index is 2.10. The molecule has 0 saturated heterocycles. The number of ketones is 1. The van der Waals surface area contributed by atoms with Crippen molar-refractivity contribution in [3.05, 3.63) is 53.3 Å². The fraction of sp³-hybridized carbons (Fsp3) is 0.235. The van der Waals surface area contributed by atoms with Gasteiger partial charge in [0, 0.05) is 12.1 Å². The van der Waals surface area contributed by atoms with E-state index in [0.717, 1.165) is 24.0 Å². The molecule has 0 heterocycles. The van der Waals surface area contributed by atoms with Crippen LogP contribution in [0.3, 0.4) is 0 Å². The van der Waals surface area contributed by atoms with Crippen molar-refractivity contribution in [1.82, 2.24) is 0 Å². The van der Waals surface area contributed by atoms with Crippen LogP contribution in [-0.2, 0) is 0 Å². The number of hydrogen-bond acceptors (Lipinski definition) is 2. The molecule has 2 aromatic rings. The fourth-order valence-electron chi connectivity index (χ4n) is 2.65. The van der Waals surface area contributed by atoms with Crippen LogP contribution in [0.25, 0.3) is 11.1 Å². The number of anilines is 1. The summed E-state index contributed by atoms with van der Waals surface area (Å²) in [7, 11) is 0. The van der Waals surface area contributed by atoms with Crippen molar-refractivity contribution >= 4 is 11.5 Å². The summed E-state index contributed by atoms with van der Waals surface area (Å²) < 4.78 is 14.1. The highest BCUT2D eigenvalue weighted by molar-refractivity contribution is 6.24. The average Bonchev–Trinajstić information content (AvgIpc) is 2.75. The van der Waals surface area contributed by atoms with E-state index in [1.807, 2.05) is 18.2 Å². The first-order chi connectivity index (χ1) is 9.74. The molecule has 0 amide bonds. The summed E-state index contributed by atoms with van der Waals surface area (Å²) in [5.41, 5.74) is 3.20. The summed E-state index contributed by atoms with van der Waals surface area (Å²) in [6.45, 7) is 2.75. The van der Waals surface area contributed by atoms with Gasteiger partial charge in [-0.05, 0) is 23.6 Å². The Morgan fingerprint density at radius 2 is 1.80 bits per heavy atom. The molecule has 3 rings (SSSR count). The van der Waals surface area contributed by atoms with Gasteiger partial charge in [-0.25, -0.2) is 4.39 Å². The van der Waals surface area contributed by atoms with Crippen LogP contribution in [0.1, 0.15) is 35.7 Å². The molecular weight excluding hydrogens is 253 g/mol. The summed E-state index contributed by atoms with van der Waals surface area (Å²) >= 11 is 0. The first kappa shape index (κ1) is 12.9. The van der Waals surface area contributed by atoms with E-state index in [2.05, 4.69) is 12.2 Å². The molecule has 1 N–H and O–H groups in total. The van der Waals surface area contributed by atoms with Crippen LogP contribution in [0, 0.1) is 5.82 Å². The largest absolute Gasteiger partial charge is 0.382 e. The van der Waals surface area contributed by atoms with Gasteiger partial charge in [-0.3, -0.25) is 4.79 Å². The molecule has 1 aliphatic rings. The van der Waals surface area contributed by atoms with Crippen molar-refractivity contribution in [2.75, 3.05) is 11.9 Å². The lowest BCUT2D eigenvalue weighted by Gasteiger charge is -2.11. The summed E-state index contributed by atoms with van der Waals surface area (Å²) in [5, 5.41) is 3.08. The maximum Gasteiger partial charge on any atom is 0.196 e. The number of nitrogens with one attached hydrogen (secondary N) is 1. The second-order valence-electron chi connectivity index (χ2n) is 5.00. The zero-order valence-electron chi connectivity index (χ0n) is 11.4. The number of halogens is 1. The molecule has 0 saturated carbocycles. The zero-order chi connectivity index (χ0) is 14.1. The number of fused-ring (bicyclic) bond motifs is 3. The molecule has 0 radical (unpaired) electrons. The van der Waals surface area contributed by atoms with Gasteiger partial charge < -0.3 is 5.32 Å². The topological polar surface area (TPSA) is 29.1 Å². The smallest absolute Gasteiger partial charge is 0.196 e. The van der Waals surface area contributed by atoms with Crippen molar-refractivity contribution in [2.24, 2.45) is 0 Å². The Kier molecular flexibility index (Phi) is 3.26. The number of hydrogen-bond donors (Lipinski definition) is 1. The third kappa shape index (κ3) is 1.90. The fourth-order valence-corrected chi connectivity index (χ4v) is 2.65. The number of benzene rings is 2. The SMILES string of the molecule is CCCCNc1c(F)ccc2c1C(=O)c1ccccc1-2. The molecule has 20 heavy (non-hydrogen) atoms. The molecule has 1 aliphatic carbocycles. The van der Waals surface area contributed by atoms with Crippen LogP contribution in [0.15, 0.2) is 36.4 Å². The first-order valence-electron chi connectivity index (χ1n) is 6.94. The van der Waals surface area contributed by atoms with Crippen LogP contribution in [0.5, 0.6) is 0 Å². The second-order valence-corrected chi connectivity index (χ2v) is 5.00. The molecule has 0 aromatic heterocycles. The molecular formula is C17H16FNO. The summed E-state index contributed by atoms with van der Waals surface area (Å²) in [6.07, 6.45) is 1.97. The molecule has 2 aromatic carbocycles. The van der Waals surface area contributed by atoms with E-state index in [9.17, 15) is 9.18 Å². The van der Waals surface area contributed by atoms with E-state index in [0.29, 0.717) is 23.4 Å². The molecule has 0 bridgehead atoms. The quantitative estimate of drug-likeness (QED) is 0.717. The highest BCUT2D eigenvalue weighted by Crippen LogP contribution is 2.41. The van der Waals surface area contributed by atoms with Crippen LogP contribution in [0.4, 0.5) is 10.1 Å². The Morgan fingerprint density at radius 1 is 1.05 bits per heavy atom. The predicted molar refractivity (Wildman–Crippen MR) is 78.7 cm³/mol. The van der Waals surface area contributed by atoms with Gasteiger partial charge in [0.1, 0.15) is 5.82 Å². The summed E-state index contributed by atoms with van der Waals surface area (Å²) in [6, 6.07) is 10.6. The third-order valence-electron chi connectivity index (χ3n) is 3.68. The molecule has 102 valence electrons. The Labute approximate surface area is 117 Å². The third-order valence-corrected chi connectivity index (χ3v) is 3.68. The lowest BCUT2D eigenvalue weighted by atomic mass is 10.0. The van der Waals surface area contributed by atoms with Gasteiger partial charge in [-0.2, -0.15) is 0 Å². The highest BCUT2D eigenvalue weighted by Gasteiger charge is 2.30. The predicted octanol–water partition coefficient (Wildman–Crippen LogP) is 4.25. The highest BCUT2D eigenvalue weighted by atomic mass is 19.1. The lowest BCUT2D eigenvalue weighted by molar-refractivity contribution is 0.104.